The predicted octanol–water partition coefficient (Wildman–Crippen LogP) is 3.64. The predicted molar refractivity (Wildman–Crippen MR) is 74.1 cm³/mol. The standard InChI is InChI=1S/C14H15F2O5P/c1-18-22(19-2)13-11-5-8(3-4-10(11)12(17)21-13)20-9-6-14(15,16)7-9/h3-5,9,13H,6-7H2,1-2H3. The van der Waals surface area contributed by atoms with Gasteiger partial charge in [-0.3, -0.25) is 0 Å². The molecule has 0 bridgehead atoms. The summed E-state index contributed by atoms with van der Waals surface area (Å²) in [5, 5.41) is 0. The molecule has 8 heteroatoms. The maximum Gasteiger partial charge on any atom is 0.339 e. The zero-order valence-corrected chi connectivity index (χ0v) is 12.9. The van der Waals surface area contributed by atoms with Crippen LogP contribution in [-0.4, -0.2) is 32.2 Å². The van der Waals surface area contributed by atoms with Crippen molar-refractivity contribution in [1.29, 1.82) is 0 Å². The number of cyclic esters (lactones) is 1. The monoisotopic (exact) mass is 332 g/mol. The fourth-order valence-electron chi connectivity index (χ4n) is 2.54. The van der Waals surface area contributed by atoms with Crippen LogP contribution >= 0.6 is 8.38 Å². The summed E-state index contributed by atoms with van der Waals surface area (Å²) < 4.78 is 46.9. The minimum absolute atomic E-state index is 0.286. The molecule has 2 aliphatic rings. The van der Waals surface area contributed by atoms with Crippen molar-refractivity contribution in [3.05, 3.63) is 29.3 Å². The summed E-state index contributed by atoms with van der Waals surface area (Å²) in [6.07, 6.45) is -1.08. The number of esters is 1. The number of hydrogen-bond donors (Lipinski definition) is 0. The maximum atomic E-state index is 12.8. The number of rotatable bonds is 5. The highest BCUT2D eigenvalue weighted by atomic mass is 31.2. The molecule has 1 aromatic carbocycles. The molecule has 1 saturated carbocycles. The zero-order valence-electron chi connectivity index (χ0n) is 12.0. The summed E-state index contributed by atoms with van der Waals surface area (Å²) in [7, 11) is 1.51. The molecule has 1 fully saturated rings. The van der Waals surface area contributed by atoms with E-state index in [1.54, 1.807) is 18.2 Å². The van der Waals surface area contributed by atoms with E-state index in [2.05, 4.69) is 0 Å². The highest BCUT2D eigenvalue weighted by molar-refractivity contribution is 7.47. The molecule has 0 aromatic heterocycles. The van der Waals surface area contributed by atoms with E-state index in [0.29, 0.717) is 16.9 Å². The van der Waals surface area contributed by atoms with Crippen LogP contribution in [0.2, 0.25) is 0 Å². The van der Waals surface area contributed by atoms with Crippen LogP contribution in [-0.2, 0) is 13.8 Å². The van der Waals surface area contributed by atoms with Crippen molar-refractivity contribution in [3.63, 3.8) is 0 Å². The SMILES string of the molecule is COP(OC)C1OC(=O)c2ccc(OC3CC(F)(F)C3)cc21. The number of hydrogen-bond acceptors (Lipinski definition) is 5. The van der Waals surface area contributed by atoms with Crippen LogP contribution < -0.4 is 4.74 Å². The number of benzene rings is 1. The molecule has 0 saturated heterocycles. The number of halogens is 2. The molecule has 3 rings (SSSR count). The number of carbonyl (C=O) groups excluding carboxylic acids is 1. The fraction of sp³-hybridized carbons (Fsp3) is 0.500. The van der Waals surface area contributed by atoms with Crippen LogP contribution in [0.3, 0.4) is 0 Å². The number of carbonyl (C=O) groups is 1. The topological polar surface area (TPSA) is 54.0 Å². The Bertz CT molecular complexity index is 583. The van der Waals surface area contributed by atoms with E-state index in [0.717, 1.165) is 0 Å². The molecule has 120 valence electrons. The lowest BCUT2D eigenvalue weighted by Crippen LogP contribution is -2.43. The number of alkyl halides is 2. The Balaban J connectivity index is 1.79. The average molecular weight is 332 g/mol. The van der Waals surface area contributed by atoms with Gasteiger partial charge in [0.05, 0.1) is 5.56 Å². The first-order chi connectivity index (χ1) is 10.4. The van der Waals surface area contributed by atoms with E-state index in [4.69, 9.17) is 18.5 Å². The van der Waals surface area contributed by atoms with Crippen LogP contribution in [0, 0.1) is 0 Å². The highest BCUT2D eigenvalue weighted by Crippen LogP contribution is 2.56. The molecule has 0 amide bonds. The molecular weight excluding hydrogens is 317 g/mol. The van der Waals surface area contributed by atoms with Gasteiger partial charge in [-0.25, -0.2) is 13.6 Å². The second-order valence-electron chi connectivity index (χ2n) is 5.16. The molecular formula is C14H15F2O5P. The van der Waals surface area contributed by atoms with Gasteiger partial charge in [0.25, 0.3) is 5.92 Å². The first kappa shape index (κ1) is 15.6. The van der Waals surface area contributed by atoms with Crippen LogP contribution in [0.4, 0.5) is 8.78 Å². The highest BCUT2D eigenvalue weighted by Gasteiger charge is 2.47. The molecule has 0 radical (unpaired) electrons. The van der Waals surface area contributed by atoms with Gasteiger partial charge in [0.1, 0.15) is 11.9 Å². The molecule has 22 heavy (non-hydrogen) atoms. The van der Waals surface area contributed by atoms with Crippen molar-refractivity contribution >= 4 is 14.3 Å². The largest absolute Gasteiger partial charge is 0.490 e. The number of ether oxygens (including phenoxy) is 2. The van der Waals surface area contributed by atoms with Crippen LogP contribution in [0.1, 0.15) is 34.6 Å². The van der Waals surface area contributed by atoms with Crippen molar-refractivity contribution in [2.75, 3.05) is 14.2 Å². The van der Waals surface area contributed by atoms with E-state index in [1.165, 1.54) is 14.2 Å². The second-order valence-corrected chi connectivity index (χ2v) is 6.93. The zero-order chi connectivity index (χ0) is 15.9. The second kappa shape index (κ2) is 5.72. The van der Waals surface area contributed by atoms with E-state index < -0.39 is 32.2 Å². The lowest BCUT2D eigenvalue weighted by Gasteiger charge is -2.34. The molecule has 5 nitrogen and oxygen atoms in total. The van der Waals surface area contributed by atoms with Gasteiger partial charge in [0, 0.05) is 32.6 Å². The van der Waals surface area contributed by atoms with E-state index in [9.17, 15) is 13.6 Å². The summed E-state index contributed by atoms with van der Waals surface area (Å²) in [5.74, 6) is -3.30. The van der Waals surface area contributed by atoms with Gasteiger partial charge >= 0.3 is 5.97 Å². The third-order valence-corrected chi connectivity index (χ3v) is 5.12. The molecule has 1 aliphatic heterocycles. The van der Waals surface area contributed by atoms with Gasteiger partial charge in [0.2, 0.25) is 8.38 Å². The Hall–Kier alpha value is -1.30. The quantitative estimate of drug-likeness (QED) is 0.609. The van der Waals surface area contributed by atoms with Gasteiger partial charge in [-0.1, -0.05) is 0 Å². The lowest BCUT2D eigenvalue weighted by atomic mass is 9.91. The Morgan fingerprint density at radius 3 is 2.55 bits per heavy atom. The molecule has 0 spiro atoms. The Labute approximate surface area is 127 Å². The fourth-order valence-corrected chi connectivity index (χ4v) is 3.69. The summed E-state index contributed by atoms with van der Waals surface area (Å²) >= 11 is 0. The average Bonchev–Trinajstić information content (AvgIpc) is 2.75. The molecule has 1 aliphatic carbocycles. The van der Waals surface area contributed by atoms with Gasteiger partial charge in [-0.2, -0.15) is 0 Å². The normalized spacial score (nSPS) is 23.1. The summed E-state index contributed by atoms with van der Waals surface area (Å²) in [5.41, 5.74) is 1.02. The van der Waals surface area contributed by atoms with Crippen molar-refractivity contribution in [3.8, 4) is 5.75 Å². The number of fused-ring (bicyclic) bond motifs is 1. The molecule has 1 aromatic rings. The molecule has 1 atom stereocenters. The van der Waals surface area contributed by atoms with Crippen molar-refractivity contribution < 1.29 is 32.1 Å². The molecule has 1 unspecified atom stereocenters. The first-order valence-corrected chi connectivity index (χ1v) is 7.95. The minimum atomic E-state index is -2.64. The summed E-state index contributed by atoms with van der Waals surface area (Å²) in [6, 6.07) is 4.79. The third-order valence-electron chi connectivity index (χ3n) is 3.63. The van der Waals surface area contributed by atoms with Crippen LogP contribution in [0.5, 0.6) is 5.75 Å². The Morgan fingerprint density at radius 1 is 1.27 bits per heavy atom. The summed E-state index contributed by atoms with van der Waals surface area (Å²) in [4.78, 5) is 11.8. The lowest BCUT2D eigenvalue weighted by molar-refractivity contribution is -0.134. The van der Waals surface area contributed by atoms with Crippen molar-refractivity contribution in [2.45, 2.75) is 30.7 Å². The van der Waals surface area contributed by atoms with Crippen molar-refractivity contribution in [2.24, 2.45) is 0 Å². The Morgan fingerprint density at radius 2 is 1.95 bits per heavy atom. The Kier molecular flexibility index (Phi) is 4.05. The maximum absolute atomic E-state index is 12.8. The molecule has 1 heterocycles. The summed E-state index contributed by atoms with van der Waals surface area (Å²) in [6.45, 7) is 0. The van der Waals surface area contributed by atoms with Crippen molar-refractivity contribution in [1.82, 2.24) is 0 Å². The first-order valence-electron chi connectivity index (χ1n) is 6.70. The van der Waals surface area contributed by atoms with E-state index in [1.807, 2.05) is 0 Å². The van der Waals surface area contributed by atoms with Gasteiger partial charge < -0.3 is 18.5 Å². The van der Waals surface area contributed by atoms with E-state index >= 15 is 0 Å². The van der Waals surface area contributed by atoms with Crippen LogP contribution in [0.25, 0.3) is 0 Å². The van der Waals surface area contributed by atoms with Gasteiger partial charge in [0.15, 0.2) is 5.85 Å². The molecule has 0 N–H and O–H groups in total. The third kappa shape index (κ3) is 2.81. The van der Waals surface area contributed by atoms with Gasteiger partial charge in [-0.05, 0) is 18.2 Å². The smallest absolute Gasteiger partial charge is 0.339 e. The minimum Gasteiger partial charge on any atom is -0.490 e. The van der Waals surface area contributed by atoms with Crippen LogP contribution in [0.15, 0.2) is 18.2 Å². The van der Waals surface area contributed by atoms with Gasteiger partial charge in [-0.15, -0.1) is 0 Å². The van der Waals surface area contributed by atoms with E-state index in [-0.39, 0.29) is 12.8 Å².